The second kappa shape index (κ2) is 12.3. The van der Waals surface area contributed by atoms with Crippen molar-refractivity contribution in [3.05, 3.63) is 159 Å². The molecule has 4 amide bonds. The van der Waals surface area contributed by atoms with Crippen molar-refractivity contribution in [2.75, 3.05) is 11.9 Å². The van der Waals surface area contributed by atoms with Gasteiger partial charge < -0.3 is 9.47 Å². The molecule has 0 atom stereocenters. The van der Waals surface area contributed by atoms with E-state index in [1.54, 1.807) is 42.5 Å². The lowest BCUT2D eigenvalue weighted by Crippen LogP contribution is -2.29. The summed E-state index contributed by atoms with van der Waals surface area (Å²) < 4.78 is 11.1. The van der Waals surface area contributed by atoms with E-state index in [2.05, 4.69) is 0 Å². The molecule has 0 spiro atoms. The van der Waals surface area contributed by atoms with Crippen LogP contribution in [0.1, 0.15) is 92.7 Å². The molecule has 0 saturated heterocycles. The number of carbonyl (C=O) groups is 6. The zero-order valence-electron chi connectivity index (χ0n) is 28.1. The molecule has 5 aromatic rings. The Kier molecular flexibility index (Phi) is 7.94. The number of fused-ring (bicyclic) bond motifs is 2. The van der Waals surface area contributed by atoms with Crippen LogP contribution in [0.15, 0.2) is 109 Å². The summed E-state index contributed by atoms with van der Waals surface area (Å²) >= 11 is 0. The highest BCUT2D eigenvalue weighted by atomic mass is 16.5. The summed E-state index contributed by atoms with van der Waals surface area (Å²) in [5.41, 5.74) is 3.96. The van der Waals surface area contributed by atoms with Crippen molar-refractivity contribution in [3.63, 3.8) is 0 Å². The van der Waals surface area contributed by atoms with Crippen LogP contribution < -0.4 is 14.4 Å². The summed E-state index contributed by atoms with van der Waals surface area (Å²) in [7, 11) is 1.39. The molecular weight excluding hydrogens is 648 g/mol. The lowest BCUT2D eigenvalue weighted by molar-refractivity contribution is 0.0688. The number of imide groups is 2. The van der Waals surface area contributed by atoms with Crippen LogP contribution in [0.4, 0.5) is 5.69 Å². The van der Waals surface area contributed by atoms with Gasteiger partial charge in [0.05, 0.1) is 39.1 Å². The van der Waals surface area contributed by atoms with Crippen molar-refractivity contribution in [2.45, 2.75) is 26.2 Å². The van der Waals surface area contributed by atoms with Gasteiger partial charge >= 0.3 is 11.9 Å². The van der Waals surface area contributed by atoms with Gasteiger partial charge in [-0.25, -0.2) is 14.5 Å². The van der Waals surface area contributed by atoms with Crippen LogP contribution in [0, 0.1) is 6.92 Å². The molecule has 0 bridgehead atoms. The van der Waals surface area contributed by atoms with Crippen LogP contribution >= 0.6 is 0 Å². The molecule has 0 fully saturated rings. The minimum atomic E-state index is -0.661. The van der Waals surface area contributed by atoms with Gasteiger partial charge in [-0.2, -0.15) is 0 Å². The second-order valence-electron chi connectivity index (χ2n) is 12.9. The van der Waals surface area contributed by atoms with Gasteiger partial charge in [0.15, 0.2) is 0 Å². The van der Waals surface area contributed by atoms with E-state index < -0.39 is 41.0 Å². The van der Waals surface area contributed by atoms with Gasteiger partial charge in [0.2, 0.25) is 0 Å². The van der Waals surface area contributed by atoms with E-state index in [4.69, 9.17) is 9.47 Å². The Balaban J connectivity index is 1.01. The number of aryl methyl sites for hydroxylation is 1. The first-order valence-electron chi connectivity index (χ1n) is 16.0. The number of hydrogen-bond acceptors (Lipinski definition) is 8. The van der Waals surface area contributed by atoms with Gasteiger partial charge in [0.1, 0.15) is 11.5 Å². The molecule has 0 aromatic heterocycles. The summed E-state index contributed by atoms with van der Waals surface area (Å²) in [6, 6.07) is 29.8. The van der Waals surface area contributed by atoms with E-state index in [9.17, 15) is 28.8 Å². The van der Waals surface area contributed by atoms with E-state index in [1.807, 2.05) is 51.1 Å². The number of esters is 2. The van der Waals surface area contributed by atoms with Gasteiger partial charge in [-0.1, -0.05) is 50.2 Å². The average Bonchev–Trinajstić information content (AvgIpc) is 3.50. The first-order chi connectivity index (χ1) is 24.3. The third-order valence-corrected chi connectivity index (χ3v) is 9.28. The van der Waals surface area contributed by atoms with Gasteiger partial charge in [-0.05, 0) is 96.4 Å². The minimum Gasteiger partial charge on any atom is -0.423 e. The number of nitrogens with zero attached hydrogens (tertiary/aromatic N) is 2. The molecule has 2 heterocycles. The smallest absolute Gasteiger partial charge is 0.343 e. The molecule has 0 radical (unpaired) electrons. The molecule has 0 saturated carbocycles. The normalized spacial score (nSPS) is 13.7. The maximum Gasteiger partial charge on any atom is 0.343 e. The highest BCUT2D eigenvalue weighted by Crippen LogP contribution is 2.34. The Labute approximate surface area is 292 Å². The Morgan fingerprint density at radius 2 is 1.06 bits per heavy atom. The van der Waals surface area contributed by atoms with Crippen molar-refractivity contribution in [2.24, 2.45) is 0 Å². The number of carbonyl (C=O) groups excluding carboxylic acids is 6. The second-order valence-corrected chi connectivity index (χ2v) is 12.9. The third kappa shape index (κ3) is 5.76. The molecule has 5 aromatic carbocycles. The van der Waals surface area contributed by atoms with Gasteiger partial charge in [0.25, 0.3) is 23.6 Å². The molecule has 0 unspecified atom stereocenters. The van der Waals surface area contributed by atoms with E-state index in [0.717, 1.165) is 26.5 Å². The summed E-state index contributed by atoms with van der Waals surface area (Å²) in [5, 5.41) is 0. The van der Waals surface area contributed by atoms with Gasteiger partial charge in [-0.3, -0.25) is 24.1 Å². The molecule has 7 rings (SSSR count). The van der Waals surface area contributed by atoms with E-state index in [0.29, 0.717) is 17.0 Å². The molecule has 51 heavy (non-hydrogen) atoms. The molecule has 2 aliphatic heterocycles. The third-order valence-electron chi connectivity index (χ3n) is 9.28. The number of rotatable bonds is 7. The zero-order valence-corrected chi connectivity index (χ0v) is 28.1. The van der Waals surface area contributed by atoms with E-state index in [1.165, 1.54) is 43.4 Å². The minimum absolute atomic E-state index is 0.142. The standard InChI is InChI=1S/C41H30N2O8/c1-23-6-5-7-28(20-23)43-37(46)32-19-17-30(22-34(32)38(43)47)51-39(48)24-8-11-26(12-9-24)41(2,3)27-13-15-29(16-14-27)50-40(49)25-10-18-31-33(21-25)36(45)42(4)35(31)44/h5-22H,1-4H3. The van der Waals surface area contributed by atoms with Crippen LogP contribution in [0.25, 0.3) is 0 Å². The first-order valence-corrected chi connectivity index (χ1v) is 16.0. The predicted octanol–water partition coefficient (Wildman–Crippen LogP) is 6.79. The fourth-order valence-corrected chi connectivity index (χ4v) is 6.23. The van der Waals surface area contributed by atoms with Crippen LogP contribution in [0.5, 0.6) is 11.5 Å². The Hall–Kier alpha value is -6.68. The maximum atomic E-state index is 13.2. The molecule has 10 nitrogen and oxygen atoms in total. The average molecular weight is 679 g/mol. The Morgan fingerprint density at radius 1 is 0.549 bits per heavy atom. The predicted molar refractivity (Wildman–Crippen MR) is 187 cm³/mol. The van der Waals surface area contributed by atoms with Crippen LogP contribution in [-0.4, -0.2) is 47.5 Å². The number of anilines is 1. The number of amides is 4. The highest BCUT2D eigenvalue weighted by Gasteiger charge is 2.37. The topological polar surface area (TPSA) is 127 Å². The fourth-order valence-electron chi connectivity index (χ4n) is 6.23. The van der Waals surface area contributed by atoms with Crippen LogP contribution in [-0.2, 0) is 5.41 Å². The lowest BCUT2D eigenvalue weighted by atomic mass is 9.78. The van der Waals surface area contributed by atoms with Crippen molar-refractivity contribution >= 4 is 41.3 Å². The maximum absolute atomic E-state index is 13.2. The quantitative estimate of drug-likeness (QED) is 0.105. The molecule has 252 valence electrons. The molecule has 2 aliphatic rings. The number of hydrogen-bond donors (Lipinski definition) is 0. The number of ether oxygens (including phenoxy) is 2. The van der Waals surface area contributed by atoms with Crippen LogP contribution in [0.3, 0.4) is 0 Å². The van der Waals surface area contributed by atoms with Crippen molar-refractivity contribution in [3.8, 4) is 11.5 Å². The van der Waals surface area contributed by atoms with E-state index in [-0.39, 0.29) is 33.6 Å². The first kappa shape index (κ1) is 32.8. The molecule has 0 aliphatic carbocycles. The summed E-state index contributed by atoms with van der Waals surface area (Å²) in [6.07, 6.45) is 0. The molecular formula is C41H30N2O8. The van der Waals surface area contributed by atoms with Crippen molar-refractivity contribution < 1.29 is 38.2 Å². The lowest BCUT2D eigenvalue weighted by Gasteiger charge is -2.26. The monoisotopic (exact) mass is 678 g/mol. The summed E-state index contributed by atoms with van der Waals surface area (Å²) in [4.78, 5) is 78.7. The fraction of sp³-hybridized carbons (Fsp3) is 0.122. The highest BCUT2D eigenvalue weighted by molar-refractivity contribution is 6.34. The largest absolute Gasteiger partial charge is 0.423 e. The SMILES string of the molecule is Cc1cccc(N2C(=O)c3ccc(OC(=O)c4ccc(C(C)(C)c5ccc(OC(=O)c6ccc7c(c6)C(=O)N(C)C7=O)cc5)cc4)cc3C2=O)c1. The van der Waals surface area contributed by atoms with Crippen molar-refractivity contribution in [1.82, 2.24) is 4.90 Å². The molecule has 0 N–H and O–H groups in total. The van der Waals surface area contributed by atoms with Crippen molar-refractivity contribution in [1.29, 1.82) is 0 Å². The summed E-state index contributed by atoms with van der Waals surface area (Å²) in [5.74, 6) is -2.64. The van der Waals surface area contributed by atoms with Gasteiger partial charge in [0, 0.05) is 12.5 Å². The van der Waals surface area contributed by atoms with Crippen LogP contribution in [0.2, 0.25) is 0 Å². The summed E-state index contributed by atoms with van der Waals surface area (Å²) in [6.45, 7) is 5.91. The zero-order chi connectivity index (χ0) is 36.2. The number of benzene rings is 5. The Morgan fingerprint density at radius 3 is 1.75 bits per heavy atom. The van der Waals surface area contributed by atoms with E-state index >= 15 is 0 Å². The Bertz CT molecular complexity index is 2320. The molecule has 10 heteroatoms. The van der Waals surface area contributed by atoms with Gasteiger partial charge in [-0.15, -0.1) is 0 Å².